The van der Waals surface area contributed by atoms with E-state index in [4.69, 9.17) is 21.1 Å². The van der Waals surface area contributed by atoms with E-state index in [1.807, 2.05) is 6.07 Å². The quantitative estimate of drug-likeness (QED) is 0.446. The molecule has 3 heterocycles. The maximum atomic E-state index is 13.5. The number of morpholine rings is 1. The molecule has 7 nitrogen and oxygen atoms in total. The molecule has 2 fully saturated rings. The molecule has 1 amide bonds. The topological polar surface area (TPSA) is 76.2 Å². The molecule has 2 bridgehead atoms. The summed E-state index contributed by atoms with van der Waals surface area (Å²) in [7, 11) is -3.84. The molecule has 0 saturated carbocycles. The van der Waals surface area contributed by atoms with E-state index in [9.17, 15) is 35.2 Å². The second-order valence-corrected chi connectivity index (χ2v) is 12.4. The van der Waals surface area contributed by atoms with Crippen LogP contribution in [0.15, 0.2) is 35.2 Å². The van der Waals surface area contributed by atoms with Crippen molar-refractivity contribution in [2.24, 2.45) is 0 Å². The summed E-state index contributed by atoms with van der Waals surface area (Å²) >= 11 is 6.63. The van der Waals surface area contributed by atoms with Crippen LogP contribution in [-0.4, -0.2) is 69.5 Å². The fourth-order valence-corrected chi connectivity index (χ4v) is 6.16. The van der Waals surface area contributed by atoms with Crippen molar-refractivity contribution in [1.29, 1.82) is 0 Å². The highest BCUT2D eigenvalue weighted by atomic mass is 35.5. The number of rotatable bonds is 6. The van der Waals surface area contributed by atoms with Crippen molar-refractivity contribution in [3.05, 3.63) is 52.0 Å². The number of fused-ring (bicyclic) bond motifs is 3. The lowest BCUT2D eigenvalue weighted by molar-refractivity contribution is -0.290. The van der Waals surface area contributed by atoms with Gasteiger partial charge in [0.25, 0.3) is 5.91 Å². The van der Waals surface area contributed by atoms with Crippen molar-refractivity contribution in [3.8, 4) is 5.75 Å². The van der Waals surface area contributed by atoms with Gasteiger partial charge in [0, 0.05) is 19.3 Å². The number of sulfone groups is 1. The summed E-state index contributed by atoms with van der Waals surface area (Å²) in [4.78, 5) is 16.8. The Morgan fingerprint density at radius 1 is 1.05 bits per heavy atom. The number of nitrogens with zero attached hydrogens (tertiary/aromatic N) is 2. The Hall–Kier alpha value is -2.64. The summed E-state index contributed by atoms with van der Waals surface area (Å²) in [6, 6.07) is 6.83. The minimum atomic E-state index is -5.86. The number of alkyl halides is 5. The Kier molecular flexibility index (Phi) is 6.99. The highest BCUT2D eigenvalue weighted by molar-refractivity contribution is 7.90. The highest BCUT2D eigenvalue weighted by Gasteiger charge is 2.58. The minimum Gasteiger partial charge on any atom is -0.486 e. The zero-order valence-electron chi connectivity index (χ0n) is 20.6. The van der Waals surface area contributed by atoms with Crippen molar-refractivity contribution in [3.63, 3.8) is 0 Å². The van der Waals surface area contributed by atoms with Gasteiger partial charge < -0.3 is 19.3 Å². The predicted molar refractivity (Wildman–Crippen MR) is 131 cm³/mol. The van der Waals surface area contributed by atoms with Crippen molar-refractivity contribution in [2.45, 2.75) is 55.0 Å². The van der Waals surface area contributed by atoms with Crippen molar-refractivity contribution < 1.29 is 44.6 Å². The Morgan fingerprint density at radius 3 is 2.26 bits per heavy atom. The molecule has 14 heteroatoms. The molecule has 2 aromatic carbocycles. The number of hydrogen-bond donors (Lipinski definition) is 0. The molecule has 39 heavy (non-hydrogen) atoms. The van der Waals surface area contributed by atoms with Crippen molar-refractivity contribution in [2.75, 3.05) is 31.0 Å². The van der Waals surface area contributed by atoms with Gasteiger partial charge in [0.15, 0.2) is 16.4 Å². The van der Waals surface area contributed by atoms with Gasteiger partial charge in [-0.05, 0) is 54.3 Å². The molecule has 0 radical (unpaired) electrons. The molecular formula is C25H24ClF5N2O5S. The minimum absolute atomic E-state index is 0.0748. The summed E-state index contributed by atoms with van der Waals surface area (Å²) < 4.78 is 99.6. The molecule has 5 rings (SSSR count). The Balaban J connectivity index is 1.42. The fourth-order valence-electron chi connectivity index (χ4n) is 5.22. The number of anilines is 1. The summed E-state index contributed by atoms with van der Waals surface area (Å²) in [5.74, 6) is -6.55. The van der Waals surface area contributed by atoms with Crippen LogP contribution in [0.25, 0.3) is 0 Å². The van der Waals surface area contributed by atoms with Gasteiger partial charge in [-0.15, -0.1) is 0 Å². The number of carbonyl (C=O) groups is 1. The molecule has 0 aliphatic carbocycles. The molecule has 0 aromatic heterocycles. The third-order valence-electron chi connectivity index (χ3n) is 7.23. The maximum Gasteiger partial charge on any atom is 0.456 e. The van der Waals surface area contributed by atoms with Gasteiger partial charge in [0.2, 0.25) is 0 Å². The lowest BCUT2D eigenvalue weighted by atomic mass is 10.1. The van der Waals surface area contributed by atoms with Crippen LogP contribution in [0, 0.1) is 0 Å². The molecule has 2 unspecified atom stereocenters. The van der Waals surface area contributed by atoms with E-state index in [1.54, 1.807) is 6.07 Å². The first-order chi connectivity index (χ1) is 18.2. The van der Waals surface area contributed by atoms with E-state index >= 15 is 0 Å². The molecule has 3 aliphatic rings. The second-order valence-electron chi connectivity index (χ2n) is 9.98. The number of amides is 1. The van der Waals surface area contributed by atoms with Crippen LogP contribution in [0.5, 0.6) is 5.75 Å². The van der Waals surface area contributed by atoms with E-state index in [1.165, 1.54) is 4.90 Å². The van der Waals surface area contributed by atoms with E-state index in [0.29, 0.717) is 18.2 Å². The highest BCUT2D eigenvalue weighted by Crippen LogP contribution is 2.42. The zero-order chi connectivity index (χ0) is 28.3. The number of hydrogen-bond acceptors (Lipinski definition) is 6. The average Bonchev–Trinajstić information content (AvgIpc) is 3.36. The lowest BCUT2D eigenvalue weighted by Crippen LogP contribution is -2.46. The molecule has 212 valence electrons. The summed E-state index contributed by atoms with van der Waals surface area (Å²) in [6.07, 6.45) is -3.05. The average molecular weight is 595 g/mol. The van der Waals surface area contributed by atoms with Gasteiger partial charge in [-0.2, -0.15) is 22.0 Å². The van der Waals surface area contributed by atoms with Crippen LogP contribution in [-0.2, 0) is 27.7 Å². The van der Waals surface area contributed by atoms with Crippen molar-refractivity contribution >= 4 is 33.0 Å². The predicted octanol–water partition coefficient (Wildman–Crippen LogP) is 4.84. The summed E-state index contributed by atoms with van der Waals surface area (Å²) in [5.41, 5.74) is 1.90. The molecule has 2 aromatic rings. The van der Waals surface area contributed by atoms with Gasteiger partial charge >= 0.3 is 12.1 Å². The van der Waals surface area contributed by atoms with E-state index in [-0.39, 0.29) is 30.1 Å². The van der Waals surface area contributed by atoms with Gasteiger partial charge in [-0.25, -0.2) is 8.42 Å². The van der Waals surface area contributed by atoms with E-state index < -0.39 is 45.8 Å². The van der Waals surface area contributed by atoms with Crippen LogP contribution in [0.3, 0.4) is 0 Å². The fraction of sp³-hybridized carbons (Fsp3) is 0.480. The third-order valence-corrected chi connectivity index (χ3v) is 8.64. The lowest BCUT2D eigenvalue weighted by Gasteiger charge is -2.37. The summed E-state index contributed by atoms with van der Waals surface area (Å²) in [5, 5.41) is 0.499. The van der Waals surface area contributed by atoms with Gasteiger partial charge in [0.1, 0.15) is 5.75 Å². The van der Waals surface area contributed by atoms with Gasteiger partial charge in [-0.3, -0.25) is 4.79 Å². The normalized spacial score (nSPS) is 21.3. The SMILES string of the molecule is CS(=O)(=O)c1ccc(OCC(F)(F)C(F)(F)F)c(C(=O)N2Cc3cc(Cl)c(N4C5CCC4COC5)cc3C2)c1. The molecule has 3 aliphatic heterocycles. The zero-order valence-corrected chi connectivity index (χ0v) is 22.2. The van der Waals surface area contributed by atoms with Crippen LogP contribution in [0.1, 0.15) is 34.3 Å². The molecule has 0 N–H and O–H groups in total. The Morgan fingerprint density at radius 2 is 1.67 bits per heavy atom. The first-order valence-corrected chi connectivity index (χ1v) is 14.3. The van der Waals surface area contributed by atoms with Crippen LogP contribution >= 0.6 is 11.6 Å². The molecule has 2 atom stereocenters. The Labute approximate surface area is 226 Å². The molecule has 2 saturated heterocycles. The molecular weight excluding hydrogens is 571 g/mol. The first kappa shape index (κ1) is 27.9. The van der Waals surface area contributed by atoms with Crippen LogP contribution in [0.2, 0.25) is 5.02 Å². The maximum absolute atomic E-state index is 13.5. The molecule has 0 spiro atoms. The van der Waals surface area contributed by atoms with Gasteiger partial charge in [0.05, 0.1) is 46.5 Å². The largest absolute Gasteiger partial charge is 0.486 e. The monoisotopic (exact) mass is 594 g/mol. The van der Waals surface area contributed by atoms with Crippen LogP contribution in [0.4, 0.5) is 27.6 Å². The van der Waals surface area contributed by atoms with E-state index in [0.717, 1.165) is 54.1 Å². The standard InChI is InChI=1S/C25H24ClF5N2O5S/c1-39(35,36)18-4-5-22(38-13-24(27,28)25(29,30)31)19(8-18)23(34)32-9-14-6-20(26)21(7-15(14)10-32)33-16-2-3-17(33)12-37-11-16/h4-8,16-17H,2-3,9-13H2,1H3. The van der Waals surface area contributed by atoms with Crippen molar-refractivity contribution in [1.82, 2.24) is 4.90 Å². The van der Waals surface area contributed by atoms with Crippen LogP contribution < -0.4 is 9.64 Å². The third kappa shape index (κ3) is 5.28. The smallest absolute Gasteiger partial charge is 0.456 e. The number of ether oxygens (including phenoxy) is 2. The Bertz CT molecular complexity index is 1400. The number of halogens is 6. The van der Waals surface area contributed by atoms with Gasteiger partial charge in [-0.1, -0.05) is 11.6 Å². The number of benzene rings is 2. The summed E-state index contributed by atoms with van der Waals surface area (Å²) in [6.45, 7) is -0.733. The first-order valence-electron chi connectivity index (χ1n) is 12.0. The number of carbonyl (C=O) groups excluding carboxylic acids is 1. The van der Waals surface area contributed by atoms with E-state index in [2.05, 4.69) is 4.90 Å². The second kappa shape index (κ2) is 9.77.